The monoisotopic (exact) mass is 358 g/mol. The molecule has 0 unspecified atom stereocenters. The van der Waals surface area contributed by atoms with Crippen molar-refractivity contribution in [3.63, 3.8) is 0 Å². The number of anilines is 1. The fourth-order valence-corrected chi connectivity index (χ4v) is 3.05. The van der Waals surface area contributed by atoms with Crippen LogP contribution in [-0.2, 0) is 17.8 Å². The summed E-state index contributed by atoms with van der Waals surface area (Å²) in [6.07, 6.45) is 2.04. The molecule has 0 spiro atoms. The number of nitrogens with one attached hydrogen (secondary N) is 1. The fraction of sp³-hybridized carbons (Fsp3) is 0.208. The van der Waals surface area contributed by atoms with E-state index in [9.17, 15) is 4.79 Å². The molecular formula is C24H26N2O. The largest absolute Gasteiger partial charge is 0.308 e. The van der Waals surface area contributed by atoms with Gasteiger partial charge in [-0.05, 0) is 42.6 Å². The summed E-state index contributed by atoms with van der Waals surface area (Å²) in [6.45, 7) is 1.75. The number of nitrogens with zero attached hydrogens (tertiary/aromatic N) is 1. The number of hydrogen-bond acceptors (Lipinski definition) is 2. The number of carbonyl (C=O) groups excluding carboxylic acids is 1. The van der Waals surface area contributed by atoms with Crippen molar-refractivity contribution in [1.29, 1.82) is 0 Å². The van der Waals surface area contributed by atoms with E-state index in [1.807, 2.05) is 59.5 Å². The van der Waals surface area contributed by atoms with Gasteiger partial charge in [0.15, 0.2) is 0 Å². The van der Waals surface area contributed by atoms with Crippen LogP contribution in [0, 0.1) is 0 Å². The minimum absolute atomic E-state index is 0.0877. The molecule has 0 aliphatic heterocycles. The predicted molar refractivity (Wildman–Crippen MR) is 112 cm³/mol. The molecule has 0 aliphatic carbocycles. The summed E-state index contributed by atoms with van der Waals surface area (Å²) in [5.74, 6) is 0.0877. The Hall–Kier alpha value is -2.91. The third kappa shape index (κ3) is 6.08. The minimum Gasteiger partial charge on any atom is -0.308 e. The Morgan fingerprint density at radius 1 is 0.741 bits per heavy atom. The van der Waals surface area contributed by atoms with Gasteiger partial charge in [-0.25, -0.2) is 0 Å². The van der Waals surface area contributed by atoms with Crippen LogP contribution >= 0.6 is 0 Å². The third-order valence-corrected chi connectivity index (χ3v) is 4.49. The first kappa shape index (κ1) is 18.9. The highest BCUT2D eigenvalue weighted by Gasteiger charge is 2.15. The summed E-state index contributed by atoms with van der Waals surface area (Å²) in [6, 6.07) is 30.4. The van der Waals surface area contributed by atoms with Gasteiger partial charge in [-0.3, -0.25) is 4.79 Å². The SMILES string of the molecule is O=C(CNCCCc1ccccc1)N(Cc1ccccc1)c1ccccc1. The van der Waals surface area contributed by atoms with Gasteiger partial charge in [-0.2, -0.15) is 0 Å². The van der Waals surface area contributed by atoms with Crippen LogP contribution in [0.1, 0.15) is 17.5 Å². The number of hydrogen-bond donors (Lipinski definition) is 1. The Labute approximate surface area is 161 Å². The molecule has 138 valence electrons. The van der Waals surface area contributed by atoms with E-state index >= 15 is 0 Å². The van der Waals surface area contributed by atoms with Crippen molar-refractivity contribution in [3.05, 3.63) is 102 Å². The van der Waals surface area contributed by atoms with Crippen molar-refractivity contribution in [2.45, 2.75) is 19.4 Å². The van der Waals surface area contributed by atoms with Gasteiger partial charge in [0, 0.05) is 5.69 Å². The number of para-hydroxylation sites is 1. The maximum absolute atomic E-state index is 12.8. The second kappa shape index (κ2) is 10.3. The van der Waals surface area contributed by atoms with E-state index in [2.05, 4.69) is 41.7 Å². The summed E-state index contributed by atoms with van der Waals surface area (Å²) in [7, 11) is 0. The smallest absolute Gasteiger partial charge is 0.241 e. The van der Waals surface area contributed by atoms with E-state index < -0.39 is 0 Å². The molecule has 3 rings (SSSR count). The number of benzene rings is 3. The molecule has 0 bridgehead atoms. The Kier molecular flexibility index (Phi) is 7.19. The van der Waals surface area contributed by atoms with E-state index in [0.29, 0.717) is 13.1 Å². The number of aryl methyl sites for hydroxylation is 1. The molecule has 1 N–H and O–H groups in total. The van der Waals surface area contributed by atoms with Crippen molar-refractivity contribution in [2.24, 2.45) is 0 Å². The van der Waals surface area contributed by atoms with Gasteiger partial charge in [0.25, 0.3) is 0 Å². The van der Waals surface area contributed by atoms with Crippen LogP contribution < -0.4 is 10.2 Å². The molecule has 3 aromatic rings. The second-order valence-corrected chi connectivity index (χ2v) is 6.57. The van der Waals surface area contributed by atoms with Crippen LogP contribution in [0.25, 0.3) is 0 Å². The average molecular weight is 358 g/mol. The van der Waals surface area contributed by atoms with E-state index in [0.717, 1.165) is 30.6 Å². The first-order valence-electron chi connectivity index (χ1n) is 9.47. The second-order valence-electron chi connectivity index (χ2n) is 6.57. The summed E-state index contributed by atoms with van der Waals surface area (Å²) in [5, 5.41) is 3.30. The van der Waals surface area contributed by atoms with Crippen molar-refractivity contribution >= 4 is 11.6 Å². The Morgan fingerprint density at radius 2 is 1.30 bits per heavy atom. The minimum atomic E-state index is 0.0877. The van der Waals surface area contributed by atoms with Crippen molar-refractivity contribution in [3.8, 4) is 0 Å². The molecule has 3 aromatic carbocycles. The van der Waals surface area contributed by atoms with Gasteiger partial charge in [-0.15, -0.1) is 0 Å². The lowest BCUT2D eigenvalue weighted by molar-refractivity contribution is -0.117. The summed E-state index contributed by atoms with van der Waals surface area (Å²) in [5.41, 5.74) is 3.39. The van der Waals surface area contributed by atoms with Crippen LogP contribution in [0.3, 0.4) is 0 Å². The number of carbonyl (C=O) groups is 1. The molecule has 0 radical (unpaired) electrons. The Balaban J connectivity index is 1.53. The first-order chi connectivity index (χ1) is 13.3. The molecule has 0 fully saturated rings. The van der Waals surface area contributed by atoms with Crippen molar-refractivity contribution < 1.29 is 4.79 Å². The molecule has 3 nitrogen and oxygen atoms in total. The van der Waals surface area contributed by atoms with Gasteiger partial charge in [0.1, 0.15) is 0 Å². The lowest BCUT2D eigenvalue weighted by atomic mass is 10.1. The Morgan fingerprint density at radius 3 is 1.93 bits per heavy atom. The van der Waals surface area contributed by atoms with Gasteiger partial charge < -0.3 is 10.2 Å². The molecular weight excluding hydrogens is 332 g/mol. The third-order valence-electron chi connectivity index (χ3n) is 4.49. The maximum atomic E-state index is 12.8. The lowest BCUT2D eigenvalue weighted by Gasteiger charge is -2.23. The molecule has 0 aromatic heterocycles. The summed E-state index contributed by atoms with van der Waals surface area (Å²) in [4.78, 5) is 14.7. The molecule has 0 heterocycles. The van der Waals surface area contributed by atoms with E-state index in [4.69, 9.17) is 0 Å². The normalized spacial score (nSPS) is 10.5. The maximum Gasteiger partial charge on any atom is 0.241 e. The van der Waals surface area contributed by atoms with Crippen LogP contribution in [0.5, 0.6) is 0 Å². The van der Waals surface area contributed by atoms with Crippen LogP contribution in [0.4, 0.5) is 5.69 Å². The van der Waals surface area contributed by atoms with Crippen LogP contribution in [-0.4, -0.2) is 19.0 Å². The molecule has 27 heavy (non-hydrogen) atoms. The van der Waals surface area contributed by atoms with E-state index in [1.165, 1.54) is 5.56 Å². The van der Waals surface area contributed by atoms with Gasteiger partial charge in [0.2, 0.25) is 5.91 Å². The molecule has 0 saturated carbocycles. The van der Waals surface area contributed by atoms with Crippen LogP contribution in [0.15, 0.2) is 91.0 Å². The highest BCUT2D eigenvalue weighted by Crippen LogP contribution is 2.17. The fourth-order valence-electron chi connectivity index (χ4n) is 3.05. The zero-order valence-corrected chi connectivity index (χ0v) is 15.6. The van der Waals surface area contributed by atoms with Crippen LogP contribution in [0.2, 0.25) is 0 Å². The van der Waals surface area contributed by atoms with Crippen molar-refractivity contribution in [2.75, 3.05) is 18.0 Å². The van der Waals surface area contributed by atoms with Gasteiger partial charge >= 0.3 is 0 Å². The quantitative estimate of drug-likeness (QED) is 0.574. The summed E-state index contributed by atoms with van der Waals surface area (Å²) >= 11 is 0. The number of rotatable bonds is 9. The lowest BCUT2D eigenvalue weighted by Crippen LogP contribution is -2.38. The molecule has 1 amide bonds. The highest BCUT2D eigenvalue weighted by atomic mass is 16.2. The highest BCUT2D eigenvalue weighted by molar-refractivity contribution is 5.94. The average Bonchev–Trinajstić information content (AvgIpc) is 2.74. The standard InChI is InChI=1S/C24H26N2O/c27-24(19-25-18-10-15-21-11-4-1-5-12-21)26(23-16-8-3-9-17-23)20-22-13-6-2-7-14-22/h1-9,11-14,16-17,25H,10,15,18-20H2. The van der Waals surface area contributed by atoms with E-state index in [1.54, 1.807) is 0 Å². The predicted octanol–water partition coefficient (Wildman–Crippen LogP) is 4.44. The van der Waals surface area contributed by atoms with E-state index in [-0.39, 0.29) is 5.91 Å². The summed E-state index contributed by atoms with van der Waals surface area (Å²) < 4.78 is 0. The molecule has 0 aliphatic rings. The van der Waals surface area contributed by atoms with Gasteiger partial charge in [-0.1, -0.05) is 78.9 Å². The van der Waals surface area contributed by atoms with Crippen molar-refractivity contribution in [1.82, 2.24) is 5.32 Å². The van der Waals surface area contributed by atoms with Gasteiger partial charge in [0.05, 0.1) is 13.1 Å². The molecule has 0 atom stereocenters. The topological polar surface area (TPSA) is 32.3 Å². The zero-order chi connectivity index (χ0) is 18.7. The number of amides is 1. The molecule has 3 heteroatoms. The first-order valence-corrected chi connectivity index (χ1v) is 9.47. The Bertz CT molecular complexity index is 804. The molecule has 0 saturated heterocycles. The zero-order valence-electron chi connectivity index (χ0n) is 15.6.